The fraction of sp³-hybridized carbons (Fsp3) is 0.615. The van der Waals surface area contributed by atoms with Crippen molar-refractivity contribution in [2.24, 2.45) is 0 Å². The minimum atomic E-state index is 0. The van der Waals surface area contributed by atoms with E-state index in [2.05, 4.69) is 29.0 Å². The van der Waals surface area contributed by atoms with E-state index < -0.39 is 0 Å². The number of thiophene rings is 2. The van der Waals surface area contributed by atoms with Gasteiger partial charge in [0, 0.05) is 32.8 Å². The molecule has 0 aromatic carbocycles. The van der Waals surface area contributed by atoms with Gasteiger partial charge in [-0.2, -0.15) is 0 Å². The maximum absolute atomic E-state index is 10.9. The van der Waals surface area contributed by atoms with Gasteiger partial charge in [0.25, 0.3) is 0 Å². The molecule has 2 atom stereocenters. The number of hydrogen-bond donors (Lipinski definition) is 0. The second-order valence-electron chi connectivity index (χ2n) is 6.69. The molecule has 0 fully saturated rings. The van der Waals surface area contributed by atoms with Gasteiger partial charge in [-0.05, 0) is 55.3 Å². The summed E-state index contributed by atoms with van der Waals surface area (Å²) in [5.41, 5.74) is 0. The van der Waals surface area contributed by atoms with Gasteiger partial charge >= 0.3 is 0 Å². The predicted molar refractivity (Wildman–Crippen MR) is 158 cm³/mol. The zero-order valence-corrected chi connectivity index (χ0v) is 21.4. The van der Waals surface area contributed by atoms with Crippen molar-refractivity contribution in [1.29, 1.82) is 0 Å². The molecule has 4 nitrogen and oxygen atoms in total. The van der Waals surface area contributed by atoms with Crippen LogP contribution in [-0.4, -0.2) is 49.5 Å². The van der Waals surface area contributed by atoms with Gasteiger partial charge < -0.3 is 9.47 Å². The zero-order valence-electron chi connectivity index (χ0n) is 18.1. The number of Topliss-reactive ketones (excluding diaryl/α,β-unsaturated/α-hetero) is 2. The monoisotopic (exact) mass is 552 g/mol. The van der Waals surface area contributed by atoms with Crippen molar-refractivity contribution < 1.29 is 19.1 Å². The van der Waals surface area contributed by atoms with Crippen LogP contribution in [0.15, 0.2) is 43.4 Å². The average molecular weight is 553 g/mol. The van der Waals surface area contributed by atoms with Gasteiger partial charge in [-0.1, -0.05) is 41.8 Å². The summed E-state index contributed by atoms with van der Waals surface area (Å²) in [5.74, 6) is 2.33. The Morgan fingerprint density at radius 2 is 1.29 bits per heavy atom. The molecule has 0 aliphatic heterocycles. The lowest BCUT2D eigenvalue weighted by atomic mass is 10.1. The first-order valence-electron chi connectivity index (χ1n) is 9.81. The van der Waals surface area contributed by atoms with Crippen molar-refractivity contribution >= 4 is 57.8 Å². The van der Waals surface area contributed by atoms with Gasteiger partial charge in [0.1, 0.15) is 11.6 Å². The molecule has 2 unspecified atom stereocenters. The van der Waals surface area contributed by atoms with E-state index in [0.717, 1.165) is 24.3 Å². The van der Waals surface area contributed by atoms with Crippen LogP contribution in [0, 0.1) is 0 Å². The van der Waals surface area contributed by atoms with Crippen LogP contribution in [0.3, 0.4) is 0 Å². The summed E-state index contributed by atoms with van der Waals surface area (Å²) >= 11 is 7.11. The molecule has 2 heterocycles. The molecular formula is C26H48O4S4. The summed E-state index contributed by atoms with van der Waals surface area (Å²) in [6, 6.07) is 8.31. The topological polar surface area (TPSA) is 52.6 Å². The molecule has 0 amide bonds. The highest BCUT2D eigenvalue weighted by atomic mass is 32.2. The lowest BCUT2D eigenvalue weighted by molar-refractivity contribution is -0.120. The molecule has 200 valence electrons. The van der Waals surface area contributed by atoms with Gasteiger partial charge in [0.2, 0.25) is 0 Å². The van der Waals surface area contributed by atoms with E-state index in [-0.39, 0.29) is 53.5 Å². The van der Waals surface area contributed by atoms with Gasteiger partial charge in [0.05, 0.1) is 20.6 Å². The van der Waals surface area contributed by atoms with E-state index in [1.54, 1.807) is 62.5 Å². The van der Waals surface area contributed by atoms with Crippen molar-refractivity contribution in [2.45, 2.75) is 89.9 Å². The SMILES string of the molecule is C.C.C.C.COC(CCCSc1cccs1)CC(C)=O.COC(CSc1cccs1)CC(C)=O. The summed E-state index contributed by atoms with van der Waals surface area (Å²) in [4.78, 5) is 21.8. The summed E-state index contributed by atoms with van der Waals surface area (Å²) in [7, 11) is 3.34. The Morgan fingerprint density at radius 3 is 1.71 bits per heavy atom. The third-order valence-electron chi connectivity index (χ3n) is 4.01. The Balaban J connectivity index is -0.000000238. The van der Waals surface area contributed by atoms with Crippen LogP contribution >= 0.6 is 46.2 Å². The molecule has 0 N–H and O–H groups in total. The summed E-state index contributed by atoms with van der Waals surface area (Å²) in [5, 5.41) is 4.14. The Bertz CT molecular complexity index is 688. The van der Waals surface area contributed by atoms with E-state index in [0.29, 0.717) is 12.8 Å². The van der Waals surface area contributed by atoms with E-state index in [1.165, 1.54) is 8.42 Å². The van der Waals surface area contributed by atoms with Crippen molar-refractivity contribution in [1.82, 2.24) is 0 Å². The molecule has 0 saturated carbocycles. The van der Waals surface area contributed by atoms with Crippen LogP contribution in [0.5, 0.6) is 0 Å². The minimum Gasteiger partial charge on any atom is -0.381 e. The first-order chi connectivity index (χ1) is 14.4. The first-order valence-corrected chi connectivity index (χ1v) is 13.5. The highest BCUT2D eigenvalue weighted by Crippen LogP contribution is 2.25. The number of methoxy groups -OCH3 is 2. The molecule has 0 spiro atoms. The fourth-order valence-electron chi connectivity index (χ4n) is 2.50. The normalized spacial score (nSPS) is 11.2. The molecule has 2 aromatic rings. The number of carbonyl (C=O) groups is 2. The summed E-state index contributed by atoms with van der Waals surface area (Å²) in [6.45, 7) is 3.22. The lowest BCUT2D eigenvalue weighted by Gasteiger charge is -2.12. The third-order valence-corrected chi connectivity index (χ3v) is 8.49. The molecular weight excluding hydrogens is 505 g/mol. The van der Waals surface area contributed by atoms with Crippen LogP contribution < -0.4 is 0 Å². The van der Waals surface area contributed by atoms with Crippen LogP contribution in [0.25, 0.3) is 0 Å². The Labute approximate surface area is 226 Å². The Morgan fingerprint density at radius 1 is 0.824 bits per heavy atom. The Kier molecular flexibility index (Phi) is 30.3. The van der Waals surface area contributed by atoms with Gasteiger partial charge in [0.15, 0.2) is 0 Å². The smallest absolute Gasteiger partial charge is 0.132 e. The van der Waals surface area contributed by atoms with Gasteiger partial charge in [-0.3, -0.25) is 9.59 Å². The van der Waals surface area contributed by atoms with Crippen LogP contribution in [0.2, 0.25) is 0 Å². The molecule has 0 saturated heterocycles. The molecule has 0 radical (unpaired) electrons. The standard InChI is InChI=1S/C12H18O2S2.C10H14O2S2.4CH4/c1-10(13)9-11(14-2)5-3-7-15-12-6-4-8-16-12;1-8(11)6-9(12-2)7-14-10-4-3-5-13-10;;;;/h4,6,8,11H,3,5,7,9H2,1-2H3;3-5,9H,6-7H2,1-2H3;4*1H4. The minimum absolute atomic E-state index is 0. The van der Waals surface area contributed by atoms with Crippen molar-refractivity contribution in [3.05, 3.63) is 35.0 Å². The second kappa shape index (κ2) is 25.5. The third kappa shape index (κ3) is 20.7. The Hall–Kier alpha value is -0.640. The van der Waals surface area contributed by atoms with Crippen LogP contribution in [0.4, 0.5) is 0 Å². The fourth-order valence-corrected chi connectivity index (χ4v) is 6.20. The maximum atomic E-state index is 10.9. The predicted octanol–water partition coefficient (Wildman–Crippen LogP) is 8.99. The van der Waals surface area contributed by atoms with Crippen molar-refractivity contribution in [2.75, 3.05) is 25.7 Å². The van der Waals surface area contributed by atoms with Gasteiger partial charge in [-0.25, -0.2) is 0 Å². The average Bonchev–Trinajstić information content (AvgIpc) is 3.41. The van der Waals surface area contributed by atoms with Crippen molar-refractivity contribution in [3.63, 3.8) is 0 Å². The number of carbonyl (C=O) groups excluding carboxylic acids is 2. The van der Waals surface area contributed by atoms with E-state index in [4.69, 9.17) is 9.47 Å². The quantitative estimate of drug-likeness (QED) is 0.172. The van der Waals surface area contributed by atoms with Crippen LogP contribution in [-0.2, 0) is 19.1 Å². The summed E-state index contributed by atoms with van der Waals surface area (Å²) < 4.78 is 13.1. The lowest BCUT2D eigenvalue weighted by Crippen LogP contribution is -2.17. The highest BCUT2D eigenvalue weighted by molar-refractivity contribution is 8.01. The van der Waals surface area contributed by atoms with Crippen molar-refractivity contribution in [3.8, 4) is 0 Å². The number of ketones is 2. The van der Waals surface area contributed by atoms with Gasteiger partial charge in [-0.15, -0.1) is 46.2 Å². The molecule has 0 aliphatic rings. The zero-order chi connectivity index (χ0) is 22.2. The largest absolute Gasteiger partial charge is 0.381 e. The molecule has 2 rings (SSSR count). The second-order valence-corrected chi connectivity index (χ2v) is 11.3. The number of hydrogen-bond acceptors (Lipinski definition) is 8. The van der Waals surface area contributed by atoms with E-state index >= 15 is 0 Å². The first kappa shape index (κ1) is 40.5. The number of thioether (sulfide) groups is 2. The molecule has 34 heavy (non-hydrogen) atoms. The molecule has 0 aliphatic carbocycles. The van der Waals surface area contributed by atoms with Crippen LogP contribution in [0.1, 0.15) is 69.2 Å². The number of rotatable bonds is 14. The van der Waals surface area contributed by atoms with E-state index in [9.17, 15) is 9.59 Å². The number of ether oxygens (including phenoxy) is 2. The van der Waals surface area contributed by atoms with E-state index in [1.807, 2.05) is 17.8 Å². The highest BCUT2D eigenvalue weighted by Gasteiger charge is 2.11. The molecule has 2 aromatic heterocycles. The maximum Gasteiger partial charge on any atom is 0.132 e. The summed E-state index contributed by atoms with van der Waals surface area (Å²) in [6.07, 6.45) is 3.25. The molecule has 8 heteroatoms. The molecule has 0 bridgehead atoms.